The maximum atomic E-state index is 13.1. The summed E-state index contributed by atoms with van der Waals surface area (Å²) in [5.41, 5.74) is 4.25. The summed E-state index contributed by atoms with van der Waals surface area (Å²) in [5, 5.41) is 3.00. The predicted molar refractivity (Wildman–Crippen MR) is 126 cm³/mol. The zero-order valence-electron chi connectivity index (χ0n) is 19.0. The maximum absolute atomic E-state index is 13.1. The molecule has 30 heavy (non-hydrogen) atoms. The topological polar surface area (TPSA) is 49.4 Å². The molecule has 2 aromatic carbocycles. The molecule has 2 amide bonds. The van der Waals surface area contributed by atoms with Crippen LogP contribution in [0.3, 0.4) is 0 Å². The van der Waals surface area contributed by atoms with Gasteiger partial charge in [-0.05, 0) is 52.7 Å². The zero-order chi connectivity index (χ0) is 22.3. The number of nitrogens with zero attached hydrogens (tertiary/aromatic N) is 1. The number of nitrogens with one attached hydrogen (secondary N) is 1. The Balaban J connectivity index is 2.09. The highest BCUT2D eigenvalue weighted by atomic mass is 32.2. The molecule has 0 aliphatic heterocycles. The van der Waals surface area contributed by atoms with Crippen molar-refractivity contribution in [3.05, 3.63) is 70.8 Å². The van der Waals surface area contributed by atoms with Gasteiger partial charge in [-0.3, -0.25) is 9.59 Å². The van der Waals surface area contributed by atoms with Crippen molar-refractivity contribution in [3.8, 4) is 0 Å². The minimum Gasteiger partial charge on any atom is -0.350 e. The van der Waals surface area contributed by atoms with Crippen molar-refractivity contribution in [1.82, 2.24) is 10.2 Å². The van der Waals surface area contributed by atoms with E-state index in [2.05, 4.69) is 42.6 Å². The van der Waals surface area contributed by atoms with Crippen molar-refractivity contribution >= 4 is 23.6 Å². The fourth-order valence-corrected chi connectivity index (χ4v) is 3.96. The minimum atomic E-state index is -0.544. The van der Waals surface area contributed by atoms with E-state index in [-0.39, 0.29) is 17.4 Å². The average Bonchev–Trinajstić information content (AvgIpc) is 2.65. The van der Waals surface area contributed by atoms with Crippen LogP contribution < -0.4 is 5.32 Å². The molecule has 0 unspecified atom stereocenters. The first-order valence-electron chi connectivity index (χ1n) is 10.4. The Morgan fingerprint density at radius 2 is 1.67 bits per heavy atom. The van der Waals surface area contributed by atoms with Crippen LogP contribution in [0.4, 0.5) is 0 Å². The summed E-state index contributed by atoms with van der Waals surface area (Å²) in [6, 6.07) is 15.9. The van der Waals surface area contributed by atoms with E-state index in [0.717, 1.165) is 16.9 Å². The van der Waals surface area contributed by atoms with Crippen LogP contribution in [0.2, 0.25) is 0 Å². The fraction of sp³-hybridized carbons (Fsp3) is 0.440. The van der Waals surface area contributed by atoms with E-state index in [4.69, 9.17) is 0 Å². The minimum absolute atomic E-state index is 0.0230. The Kier molecular flexibility index (Phi) is 8.54. The van der Waals surface area contributed by atoms with Crippen LogP contribution in [0.15, 0.2) is 48.5 Å². The molecule has 0 bridgehead atoms. The molecule has 1 N–H and O–H groups in total. The quantitative estimate of drug-likeness (QED) is 0.655. The van der Waals surface area contributed by atoms with Crippen LogP contribution in [0.1, 0.15) is 49.9 Å². The van der Waals surface area contributed by atoms with E-state index in [1.54, 1.807) is 23.6 Å². The molecule has 0 fully saturated rings. The molecule has 0 aliphatic carbocycles. The molecule has 1 atom stereocenters. The first-order chi connectivity index (χ1) is 14.0. The number of carbonyl (C=O) groups is 2. The number of thioether (sulfide) groups is 1. The monoisotopic (exact) mass is 426 g/mol. The number of benzene rings is 2. The molecule has 162 valence electrons. The number of hydrogen-bond donors (Lipinski definition) is 1. The Morgan fingerprint density at radius 3 is 2.27 bits per heavy atom. The smallest absolute Gasteiger partial charge is 0.242 e. The van der Waals surface area contributed by atoms with Crippen LogP contribution in [-0.4, -0.2) is 34.0 Å². The molecule has 0 radical (unpaired) electrons. The summed E-state index contributed by atoms with van der Waals surface area (Å²) in [6.45, 7) is 12.2. The van der Waals surface area contributed by atoms with Crippen LogP contribution in [0.25, 0.3) is 0 Å². The largest absolute Gasteiger partial charge is 0.350 e. The lowest BCUT2D eigenvalue weighted by molar-refractivity contribution is -0.139. The van der Waals surface area contributed by atoms with Gasteiger partial charge in [-0.15, -0.1) is 11.8 Å². The second kappa shape index (κ2) is 10.7. The summed E-state index contributed by atoms with van der Waals surface area (Å²) in [7, 11) is 0. The van der Waals surface area contributed by atoms with Gasteiger partial charge in [0.2, 0.25) is 11.8 Å². The number of aryl methyl sites for hydroxylation is 2. The first kappa shape index (κ1) is 24.0. The van der Waals surface area contributed by atoms with Gasteiger partial charge in [0.25, 0.3) is 0 Å². The molecule has 0 aliphatic rings. The lowest BCUT2D eigenvalue weighted by Gasteiger charge is -2.31. The molecule has 0 aromatic heterocycles. The second-order valence-corrected chi connectivity index (χ2v) is 9.89. The summed E-state index contributed by atoms with van der Waals surface area (Å²) in [5.74, 6) is 0.955. The third-order valence-electron chi connectivity index (χ3n) is 4.72. The third kappa shape index (κ3) is 7.86. The molecule has 2 aromatic rings. The van der Waals surface area contributed by atoms with Gasteiger partial charge in [-0.2, -0.15) is 0 Å². The molecular formula is C25H34N2O2S. The number of carbonyl (C=O) groups excluding carboxylic acids is 2. The van der Waals surface area contributed by atoms with Gasteiger partial charge < -0.3 is 10.2 Å². The highest BCUT2D eigenvalue weighted by Gasteiger charge is 2.28. The van der Waals surface area contributed by atoms with Crippen molar-refractivity contribution in [1.29, 1.82) is 0 Å². The summed E-state index contributed by atoms with van der Waals surface area (Å²) in [4.78, 5) is 27.6. The Bertz CT molecular complexity index is 856. The highest BCUT2D eigenvalue weighted by molar-refractivity contribution is 7.99. The van der Waals surface area contributed by atoms with E-state index in [1.165, 1.54) is 11.1 Å². The Morgan fingerprint density at radius 1 is 1.00 bits per heavy atom. The number of rotatable bonds is 8. The standard InChI is InChI=1S/C25H34N2O2S/c1-18-10-12-21(13-11-18)16-30-17-23(28)27(15-22-9-7-8-19(2)14-22)20(3)24(29)26-25(4,5)6/h7-14,20H,15-17H2,1-6H3,(H,26,29)/t20-/m0/s1. The van der Waals surface area contributed by atoms with Crippen LogP contribution in [-0.2, 0) is 21.9 Å². The first-order valence-corrected chi connectivity index (χ1v) is 11.5. The van der Waals surface area contributed by atoms with E-state index in [1.807, 2.05) is 45.9 Å². The molecule has 2 rings (SSSR count). The van der Waals surface area contributed by atoms with Gasteiger partial charge in [-0.1, -0.05) is 59.7 Å². The van der Waals surface area contributed by atoms with E-state index in [9.17, 15) is 9.59 Å². The molecule has 0 saturated heterocycles. The van der Waals surface area contributed by atoms with Crippen molar-refractivity contribution in [2.45, 2.75) is 65.4 Å². The van der Waals surface area contributed by atoms with E-state index >= 15 is 0 Å². The lowest BCUT2D eigenvalue weighted by atomic mass is 10.1. The van der Waals surface area contributed by atoms with Crippen molar-refractivity contribution in [2.75, 3.05) is 5.75 Å². The SMILES string of the molecule is Cc1ccc(CSCC(=O)N(Cc2cccc(C)c2)[C@@H](C)C(=O)NC(C)(C)C)cc1. The predicted octanol–water partition coefficient (Wildman–Crippen LogP) is 4.87. The van der Waals surface area contributed by atoms with E-state index in [0.29, 0.717) is 12.3 Å². The Hall–Kier alpha value is -2.27. The zero-order valence-corrected chi connectivity index (χ0v) is 19.8. The van der Waals surface area contributed by atoms with Crippen LogP contribution >= 0.6 is 11.8 Å². The van der Waals surface area contributed by atoms with Gasteiger partial charge >= 0.3 is 0 Å². The molecule has 0 heterocycles. The summed E-state index contributed by atoms with van der Waals surface area (Å²) in [6.07, 6.45) is 0. The van der Waals surface area contributed by atoms with E-state index < -0.39 is 6.04 Å². The number of hydrogen-bond acceptors (Lipinski definition) is 3. The van der Waals surface area contributed by atoms with Gasteiger partial charge in [0.05, 0.1) is 5.75 Å². The summed E-state index contributed by atoms with van der Waals surface area (Å²) < 4.78 is 0. The lowest BCUT2D eigenvalue weighted by Crippen LogP contribution is -2.52. The maximum Gasteiger partial charge on any atom is 0.242 e. The number of amides is 2. The molecular weight excluding hydrogens is 392 g/mol. The third-order valence-corrected chi connectivity index (χ3v) is 5.70. The fourth-order valence-electron chi connectivity index (χ4n) is 3.09. The van der Waals surface area contributed by atoms with Gasteiger partial charge in [0.1, 0.15) is 6.04 Å². The van der Waals surface area contributed by atoms with Gasteiger partial charge in [0.15, 0.2) is 0 Å². The van der Waals surface area contributed by atoms with Crippen molar-refractivity contribution in [2.24, 2.45) is 0 Å². The molecule has 5 heteroatoms. The van der Waals surface area contributed by atoms with Crippen molar-refractivity contribution in [3.63, 3.8) is 0 Å². The second-order valence-electron chi connectivity index (χ2n) is 8.90. The average molecular weight is 427 g/mol. The summed E-state index contributed by atoms with van der Waals surface area (Å²) >= 11 is 1.58. The Labute approximate surface area is 185 Å². The van der Waals surface area contributed by atoms with Crippen LogP contribution in [0, 0.1) is 13.8 Å². The van der Waals surface area contributed by atoms with Gasteiger partial charge in [0, 0.05) is 17.8 Å². The highest BCUT2D eigenvalue weighted by Crippen LogP contribution is 2.17. The van der Waals surface area contributed by atoms with Gasteiger partial charge in [-0.25, -0.2) is 0 Å². The molecule has 0 spiro atoms. The molecule has 4 nitrogen and oxygen atoms in total. The molecule has 0 saturated carbocycles. The van der Waals surface area contributed by atoms with Crippen LogP contribution in [0.5, 0.6) is 0 Å². The normalized spacial score (nSPS) is 12.3. The van der Waals surface area contributed by atoms with Crippen molar-refractivity contribution < 1.29 is 9.59 Å².